The molecular weight excluding hydrogens is 438 g/mol. The van der Waals surface area contributed by atoms with Crippen LogP contribution in [0.25, 0.3) is 65.4 Å². The molecule has 3 nitrogen and oxygen atoms in total. The molecule has 0 saturated carbocycles. The summed E-state index contributed by atoms with van der Waals surface area (Å²) in [5, 5.41) is 7.89. The Hall–Kier alpha value is -4.50. The van der Waals surface area contributed by atoms with E-state index in [2.05, 4.69) is 131 Å². The lowest BCUT2D eigenvalue weighted by atomic mass is 10.1. The zero-order valence-corrected chi connectivity index (χ0v) is 20.4. The molecule has 5 aromatic carbocycles. The topological polar surface area (TPSA) is 14.8 Å². The highest BCUT2D eigenvalue weighted by Crippen LogP contribution is 2.39. The Morgan fingerprint density at radius 1 is 0.444 bits per heavy atom. The Balaban J connectivity index is 1.45. The second-order valence-corrected chi connectivity index (χ2v) is 9.97. The van der Waals surface area contributed by atoms with Gasteiger partial charge in [-0.05, 0) is 35.9 Å². The van der Waals surface area contributed by atoms with Crippen LogP contribution in [-0.2, 0) is 20.6 Å². The summed E-state index contributed by atoms with van der Waals surface area (Å²) < 4.78 is 7.20. The Kier molecular flexibility index (Phi) is 3.85. The molecule has 0 aliphatic carbocycles. The van der Waals surface area contributed by atoms with Gasteiger partial charge in [-0.1, -0.05) is 72.8 Å². The lowest BCUT2D eigenvalue weighted by Crippen LogP contribution is -2.01. The number of aryl methyl sites for hydroxylation is 2. The second-order valence-electron chi connectivity index (χ2n) is 9.97. The van der Waals surface area contributed by atoms with Crippen molar-refractivity contribution < 1.29 is 0 Å². The monoisotopic (exact) mass is 463 g/mol. The number of para-hydroxylation sites is 3. The van der Waals surface area contributed by atoms with Gasteiger partial charge in [0.25, 0.3) is 0 Å². The molecule has 3 heteroatoms. The third kappa shape index (κ3) is 2.47. The first-order valence-electron chi connectivity index (χ1n) is 12.5. The van der Waals surface area contributed by atoms with Gasteiger partial charge in [-0.3, -0.25) is 0 Å². The van der Waals surface area contributed by atoms with Crippen LogP contribution in [0.2, 0.25) is 0 Å². The number of fused-ring (bicyclic) bond motifs is 10. The molecule has 0 fully saturated rings. The van der Waals surface area contributed by atoms with Crippen LogP contribution in [0.15, 0.2) is 103 Å². The Labute approximate surface area is 208 Å². The van der Waals surface area contributed by atoms with Crippen LogP contribution in [0.5, 0.6) is 0 Å². The number of hydrogen-bond donors (Lipinski definition) is 0. The van der Waals surface area contributed by atoms with E-state index in [1.54, 1.807) is 0 Å². The van der Waals surface area contributed by atoms with E-state index in [-0.39, 0.29) is 0 Å². The molecule has 36 heavy (non-hydrogen) atoms. The average molecular weight is 464 g/mol. The van der Waals surface area contributed by atoms with Crippen molar-refractivity contribution in [3.8, 4) is 0 Å². The molecule has 0 N–H and O–H groups in total. The minimum atomic E-state index is 0.823. The summed E-state index contributed by atoms with van der Waals surface area (Å²) in [4.78, 5) is 0. The molecule has 8 aromatic rings. The van der Waals surface area contributed by atoms with Crippen LogP contribution in [0.3, 0.4) is 0 Å². The van der Waals surface area contributed by atoms with Crippen molar-refractivity contribution in [1.82, 2.24) is 13.7 Å². The summed E-state index contributed by atoms with van der Waals surface area (Å²) in [6.07, 6.45) is 0. The summed E-state index contributed by atoms with van der Waals surface area (Å²) in [5.74, 6) is 0. The highest BCUT2D eigenvalue weighted by atomic mass is 15.0. The van der Waals surface area contributed by atoms with Crippen molar-refractivity contribution in [2.45, 2.75) is 6.54 Å². The van der Waals surface area contributed by atoms with Gasteiger partial charge in [0.15, 0.2) is 0 Å². The third-order valence-electron chi connectivity index (χ3n) is 8.12. The fourth-order valence-electron chi connectivity index (χ4n) is 6.46. The van der Waals surface area contributed by atoms with Crippen LogP contribution in [0, 0.1) is 0 Å². The van der Waals surface area contributed by atoms with Crippen molar-refractivity contribution in [3.05, 3.63) is 109 Å². The van der Waals surface area contributed by atoms with Gasteiger partial charge < -0.3 is 13.7 Å². The van der Waals surface area contributed by atoms with E-state index in [4.69, 9.17) is 0 Å². The van der Waals surface area contributed by atoms with E-state index in [0.29, 0.717) is 0 Å². The molecule has 8 rings (SSSR count). The summed E-state index contributed by atoms with van der Waals surface area (Å²) >= 11 is 0. The first-order chi connectivity index (χ1) is 17.7. The molecule has 0 atom stereocenters. The molecule has 0 bridgehead atoms. The highest BCUT2D eigenvalue weighted by Gasteiger charge is 2.18. The molecule has 0 radical (unpaired) electrons. The Morgan fingerprint density at radius 2 is 0.972 bits per heavy atom. The predicted octanol–water partition coefficient (Wildman–Crippen LogP) is 8.13. The predicted molar refractivity (Wildman–Crippen MR) is 153 cm³/mol. The van der Waals surface area contributed by atoms with Crippen LogP contribution in [0.4, 0.5) is 0 Å². The van der Waals surface area contributed by atoms with Gasteiger partial charge in [-0.2, -0.15) is 0 Å². The third-order valence-corrected chi connectivity index (χ3v) is 8.12. The molecule has 0 amide bonds. The molecule has 0 unspecified atom stereocenters. The molecular formula is C33H25N3. The van der Waals surface area contributed by atoms with E-state index >= 15 is 0 Å². The van der Waals surface area contributed by atoms with Gasteiger partial charge in [0, 0.05) is 75.0 Å². The van der Waals surface area contributed by atoms with Crippen LogP contribution < -0.4 is 0 Å². The number of nitrogens with zero attached hydrogens (tertiary/aromatic N) is 3. The van der Waals surface area contributed by atoms with Crippen LogP contribution in [0.1, 0.15) is 5.56 Å². The molecule has 0 aliphatic rings. The number of benzene rings is 5. The minimum Gasteiger partial charge on any atom is -0.344 e. The fourth-order valence-corrected chi connectivity index (χ4v) is 6.46. The first-order valence-corrected chi connectivity index (χ1v) is 12.5. The molecule has 0 spiro atoms. The summed E-state index contributed by atoms with van der Waals surface area (Å²) in [6.45, 7) is 0.823. The molecule has 3 heterocycles. The molecule has 3 aromatic heterocycles. The highest BCUT2D eigenvalue weighted by molar-refractivity contribution is 6.22. The smallest absolute Gasteiger partial charge is 0.0742 e. The number of aromatic nitrogens is 3. The second kappa shape index (κ2) is 7.02. The average Bonchev–Trinajstić information content (AvgIpc) is 3.51. The minimum absolute atomic E-state index is 0.823. The SMILES string of the molecule is Cn1c2ccccc2c2cc(Cn3c4ccccc4c4ccc5c6ccccc6n(C)c5c43)ccc21. The molecule has 0 saturated heterocycles. The van der Waals surface area contributed by atoms with Crippen molar-refractivity contribution in [1.29, 1.82) is 0 Å². The van der Waals surface area contributed by atoms with E-state index in [1.165, 1.54) is 71.0 Å². The lowest BCUT2D eigenvalue weighted by molar-refractivity contribution is 0.868. The van der Waals surface area contributed by atoms with E-state index in [0.717, 1.165) is 6.54 Å². The quantitative estimate of drug-likeness (QED) is 0.246. The maximum Gasteiger partial charge on any atom is 0.0742 e. The number of rotatable bonds is 2. The summed E-state index contributed by atoms with van der Waals surface area (Å²) in [7, 11) is 4.36. The van der Waals surface area contributed by atoms with E-state index in [9.17, 15) is 0 Å². The van der Waals surface area contributed by atoms with E-state index in [1.807, 2.05) is 0 Å². The normalized spacial score (nSPS) is 12.3. The lowest BCUT2D eigenvalue weighted by Gasteiger charge is -2.11. The Morgan fingerprint density at radius 3 is 1.69 bits per heavy atom. The standard InChI is InChI=1S/C33H25N3/c1-34-28-12-6-4-11-24(28)27-19-21(15-18-30(27)34)20-36-31-14-8-5-10-23(31)26-17-16-25-22-9-3-7-13-29(22)35(2)32(25)33(26)36/h3-19H,20H2,1-2H3. The molecule has 0 aliphatic heterocycles. The maximum absolute atomic E-state index is 2.53. The van der Waals surface area contributed by atoms with Gasteiger partial charge in [0.1, 0.15) is 0 Å². The van der Waals surface area contributed by atoms with Crippen molar-refractivity contribution in [2.24, 2.45) is 14.1 Å². The van der Waals surface area contributed by atoms with Crippen molar-refractivity contribution in [2.75, 3.05) is 0 Å². The largest absolute Gasteiger partial charge is 0.344 e. The van der Waals surface area contributed by atoms with Gasteiger partial charge in [0.2, 0.25) is 0 Å². The van der Waals surface area contributed by atoms with Crippen LogP contribution >= 0.6 is 0 Å². The maximum atomic E-state index is 2.53. The molecule has 172 valence electrons. The van der Waals surface area contributed by atoms with Gasteiger partial charge >= 0.3 is 0 Å². The van der Waals surface area contributed by atoms with E-state index < -0.39 is 0 Å². The van der Waals surface area contributed by atoms with Gasteiger partial charge in [-0.15, -0.1) is 0 Å². The van der Waals surface area contributed by atoms with Crippen molar-refractivity contribution in [3.63, 3.8) is 0 Å². The van der Waals surface area contributed by atoms with Gasteiger partial charge in [-0.25, -0.2) is 0 Å². The van der Waals surface area contributed by atoms with Crippen LogP contribution in [-0.4, -0.2) is 13.7 Å². The summed E-state index contributed by atoms with van der Waals surface area (Å²) in [6, 6.07) is 37.9. The number of hydrogen-bond acceptors (Lipinski definition) is 0. The Bertz CT molecular complexity index is 2150. The zero-order chi connectivity index (χ0) is 24.0. The zero-order valence-electron chi connectivity index (χ0n) is 20.4. The first kappa shape index (κ1) is 19.8. The fraction of sp³-hybridized carbons (Fsp3) is 0.0909. The summed E-state index contributed by atoms with van der Waals surface area (Å²) in [5.41, 5.74) is 9.04. The van der Waals surface area contributed by atoms with Crippen molar-refractivity contribution >= 4 is 65.4 Å². The van der Waals surface area contributed by atoms with Gasteiger partial charge in [0.05, 0.1) is 11.0 Å².